The Kier molecular flexibility index (Phi) is 4.76. The predicted octanol–water partition coefficient (Wildman–Crippen LogP) is 4.60. The van der Waals surface area contributed by atoms with E-state index in [0.29, 0.717) is 5.02 Å². The van der Waals surface area contributed by atoms with Gasteiger partial charge in [0.05, 0.1) is 0 Å². The summed E-state index contributed by atoms with van der Waals surface area (Å²) in [5.41, 5.74) is 0.860. The number of hydrogen-bond donors (Lipinski definition) is 0. The fraction of sp³-hybridized carbons (Fsp3) is 0.500. The van der Waals surface area contributed by atoms with E-state index < -0.39 is 14.4 Å². The van der Waals surface area contributed by atoms with Gasteiger partial charge in [-0.05, 0) is 35.8 Å². The fourth-order valence-corrected chi connectivity index (χ4v) is 2.63. The van der Waals surface area contributed by atoms with Crippen LogP contribution in [0.25, 0.3) is 0 Å². The second-order valence-corrected chi connectivity index (χ2v) is 11.2. The second kappa shape index (κ2) is 5.55. The standard InChI is InChI=1S/C14H21ClO2Si/c1-14(2,3)18(4,5)17-13(10-16)11-6-8-12(15)9-7-11/h6-10,13H,1-5H3/t13-/m0/s1. The molecule has 1 rings (SSSR count). The van der Waals surface area contributed by atoms with Crippen molar-refractivity contribution in [3.63, 3.8) is 0 Å². The van der Waals surface area contributed by atoms with Crippen LogP contribution in [-0.2, 0) is 9.22 Å². The third kappa shape index (κ3) is 3.67. The molecule has 0 aliphatic rings. The minimum atomic E-state index is -1.95. The molecule has 0 N–H and O–H groups in total. The first-order valence-corrected chi connectivity index (χ1v) is 9.34. The summed E-state index contributed by atoms with van der Waals surface area (Å²) < 4.78 is 6.11. The smallest absolute Gasteiger partial charge is 0.193 e. The highest BCUT2D eigenvalue weighted by molar-refractivity contribution is 6.74. The van der Waals surface area contributed by atoms with E-state index in [1.165, 1.54) is 0 Å². The van der Waals surface area contributed by atoms with Crippen molar-refractivity contribution < 1.29 is 9.22 Å². The molecular formula is C14H21ClO2Si. The van der Waals surface area contributed by atoms with Gasteiger partial charge in [-0.3, -0.25) is 0 Å². The number of hydrogen-bond acceptors (Lipinski definition) is 2. The molecule has 2 nitrogen and oxygen atoms in total. The summed E-state index contributed by atoms with van der Waals surface area (Å²) in [6, 6.07) is 7.24. The van der Waals surface area contributed by atoms with Crippen molar-refractivity contribution in [2.45, 2.75) is 45.0 Å². The van der Waals surface area contributed by atoms with E-state index in [1.807, 2.05) is 12.1 Å². The Labute approximate surface area is 115 Å². The van der Waals surface area contributed by atoms with Crippen molar-refractivity contribution in [1.29, 1.82) is 0 Å². The van der Waals surface area contributed by atoms with Gasteiger partial charge in [0.25, 0.3) is 0 Å². The number of carbonyl (C=O) groups excluding carboxylic acids is 1. The number of halogens is 1. The number of carbonyl (C=O) groups is 1. The van der Waals surface area contributed by atoms with Crippen molar-refractivity contribution in [3.05, 3.63) is 34.9 Å². The van der Waals surface area contributed by atoms with Crippen LogP contribution in [0, 0.1) is 0 Å². The van der Waals surface area contributed by atoms with Gasteiger partial charge in [-0.1, -0.05) is 44.5 Å². The normalized spacial score (nSPS) is 14.3. The number of rotatable bonds is 4. The van der Waals surface area contributed by atoms with Crippen LogP contribution in [-0.4, -0.2) is 14.6 Å². The molecule has 0 heterocycles. The lowest BCUT2D eigenvalue weighted by atomic mass is 10.1. The third-order valence-corrected chi connectivity index (χ3v) is 8.26. The Hall–Kier alpha value is -0.643. The first-order valence-electron chi connectivity index (χ1n) is 6.06. The monoisotopic (exact) mass is 284 g/mol. The molecule has 1 aromatic rings. The molecule has 0 spiro atoms. The molecule has 0 aromatic heterocycles. The van der Waals surface area contributed by atoms with E-state index in [2.05, 4.69) is 33.9 Å². The van der Waals surface area contributed by atoms with Gasteiger partial charge in [-0.25, -0.2) is 0 Å². The van der Waals surface area contributed by atoms with Crippen LogP contribution in [0.3, 0.4) is 0 Å². The molecule has 0 radical (unpaired) electrons. The summed E-state index contributed by atoms with van der Waals surface area (Å²) in [5.74, 6) is 0. The molecule has 1 atom stereocenters. The molecule has 1 aromatic carbocycles. The predicted molar refractivity (Wildman–Crippen MR) is 78.5 cm³/mol. The Morgan fingerprint density at radius 2 is 1.72 bits per heavy atom. The summed E-state index contributed by atoms with van der Waals surface area (Å²) in [6.07, 6.45) is 0.368. The van der Waals surface area contributed by atoms with Crippen LogP contribution >= 0.6 is 11.6 Å². The maximum atomic E-state index is 11.3. The quantitative estimate of drug-likeness (QED) is 0.596. The zero-order chi connectivity index (χ0) is 14.0. The highest BCUT2D eigenvalue weighted by atomic mass is 35.5. The van der Waals surface area contributed by atoms with E-state index in [4.69, 9.17) is 16.0 Å². The van der Waals surface area contributed by atoms with Gasteiger partial charge in [0.2, 0.25) is 0 Å². The Morgan fingerprint density at radius 1 is 1.22 bits per heavy atom. The molecule has 0 unspecified atom stereocenters. The largest absolute Gasteiger partial charge is 0.403 e. The molecule has 4 heteroatoms. The second-order valence-electron chi connectivity index (χ2n) is 5.99. The lowest BCUT2D eigenvalue weighted by Crippen LogP contribution is -2.42. The van der Waals surface area contributed by atoms with Crippen molar-refractivity contribution in [3.8, 4) is 0 Å². The summed E-state index contributed by atoms with van der Waals surface area (Å²) >= 11 is 5.84. The van der Waals surface area contributed by atoms with E-state index in [1.54, 1.807) is 12.1 Å². The SMILES string of the molecule is CC(C)(C)[Si](C)(C)O[C@@H](C=O)c1ccc(Cl)cc1. The van der Waals surface area contributed by atoms with Gasteiger partial charge in [0, 0.05) is 5.02 Å². The zero-order valence-corrected chi connectivity index (χ0v) is 13.4. The minimum Gasteiger partial charge on any atom is -0.403 e. The fourth-order valence-electron chi connectivity index (χ4n) is 1.32. The average molecular weight is 285 g/mol. The van der Waals surface area contributed by atoms with Crippen LogP contribution in [0.4, 0.5) is 0 Å². The van der Waals surface area contributed by atoms with Crippen LogP contribution in [0.1, 0.15) is 32.4 Å². The molecule has 0 bridgehead atoms. The van der Waals surface area contributed by atoms with Crippen molar-refractivity contribution in [1.82, 2.24) is 0 Å². The molecule has 0 saturated heterocycles. The van der Waals surface area contributed by atoms with Crippen LogP contribution in [0.5, 0.6) is 0 Å². The Balaban J connectivity index is 2.92. The van der Waals surface area contributed by atoms with Gasteiger partial charge >= 0.3 is 0 Å². The highest BCUT2D eigenvalue weighted by Gasteiger charge is 2.39. The topological polar surface area (TPSA) is 26.3 Å². The van der Waals surface area contributed by atoms with Crippen LogP contribution in [0.15, 0.2) is 24.3 Å². The van der Waals surface area contributed by atoms with E-state index in [0.717, 1.165) is 11.8 Å². The maximum absolute atomic E-state index is 11.3. The first-order chi connectivity index (χ1) is 8.17. The Morgan fingerprint density at radius 3 is 2.11 bits per heavy atom. The molecule has 100 valence electrons. The molecule has 0 aliphatic heterocycles. The van der Waals surface area contributed by atoms with Crippen molar-refractivity contribution in [2.24, 2.45) is 0 Å². The summed E-state index contributed by atoms with van der Waals surface area (Å²) in [5, 5.41) is 0.747. The van der Waals surface area contributed by atoms with E-state index in [9.17, 15) is 4.79 Å². The summed E-state index contributed by atoms with van der Waals surface area (Å²) in [6.45, 7) is 10.7. The van der Waals surface area contributed by atoms with Crippen molar-refractivity contribution >= 4 is 26.2 Å². The number of aldehydes is 1. The van der Waals surface area contributed by atoms with Gasteiger partial charge in [0.15, 0.2) is 14.6 Å². The molecule has 0 saturated carbocycles. The summed E-state index contributed by atoms with van der Waals surface area (Å²) in [7, 11) is -1.95. The summed E-state index contributed by atoms with van der Waals surface area (Å²) in [4.78, 5) is 11.3. The lowest BCUT2D eigenvalue weighted by Gasteiger charge is -2.38. The third-order valence-electron chi connectivity index (χ3n) is 3.55. The molecule has 0 fully saturated rings. The van der Waals surface area contributed by atoms with E-state index in [-0.39, 0.29) is 5.04 Å². The van der Waals surface area contributed by atoms with Gasteiger partial charge < -0.3 is 9.22 Å². The molecule has 18 heavy (non-hydrogen) atoms. The maximum Gasteiger partial charge on any atom is 0.193 e. The molecular weight excluding hydrogens is 264 g/mol. The Bertz CT molecular complexity index is 407. The zero-order valence-electron chi connectivity index (χ0n) is 11.7. The lowest BCUT2D eigenvalue weighted by molar-refractivity contribution is -0.114. The first kappa shape index (κ1) is 15.4. The average Bonchev–Trinajstić information content (AvgIpc) is 2.25. The van der Waals surface area contributed by atoms with Gasteiger partial charge in [-0.15, -0.1) is 0 Å². The van der Waals surface area contributed by atoms with E-state index >= 15 is 0 Å². The van der Waals surface area contributed by atoms with Crippen molar-refractivity contribution in [2.75, 3.05) is 0 Å². The minimum absolute atomic E-state index is 0.0840. The molecule has 0 aliphatic carbocycles. The highest BCUT2D eigenvalue weighted by Crippen LogP contribution is 2.39. The van der Waals surface area contributed by atoms with Gasteiger partial charge in [-0.2, -0.15) is 0 Å². The van der Waals surface area contributed by atoms with Gasteiger partial charge in [0.1, 0.15) is 6.10 Å². The van der Waals surface area contributed by atoms with Crippen LogP contribution in [0.2, 0.25) is 23.2 Å². The number of benzene rings is 1. The molecule has 0 amide bonds. The van der Waals surface area contributed by atoms with Crippen LogP contribution < -0.4 is 0 Å².